The smallest absolute Gasteiger partial charge is 0.406 e. The van der Waals surface area contributed by atoms with E-state index in [1.807, 2.05) is 0 Å². The van der Waals surface area contributed by atoms with Crippen molar-refractivity contribution >= 4 is 34.0 Å². The minimum absolute atomic E-state index is 0.122. The Morgan fingerprint density at radius 2 is 1.97 bits per heavy atom. The maximum Gasteiger partial charge on any atom is 0.573 e. The number of ether oxygens (including phenoxy) is 1. The molecular weight excluding hydrogens is 502 g/mol. The van der Waals surface area contributed by atoms with Crippen LogP contribution in [0.25, 0.3) is 16.8 Å². The molecule has 0 aliphatic rings. The summed E-state index contributed by atoms with van der Waals surface area (Å²) in [6.07, 6.45) is -1.51. The molecule has 0 unspecified atom stereocenters. The third kappa shape index (κ3) is 5.11. The number of hydrogen-bond donors (Lipinski definition) is 1. The van der Waals surface area contributed by atoms with Gasteiger partial charge in [-0.15, -0.1) is 13.2 Å². The molecule has 2 heterocycles. The largest absolute Gasteiger partial charge is 0.573 e. The predicted octanol–water partition coefficient (Wildman–Crippen LogP) is 3.80. The number of amides is 1. The van der Waals surface area contributed by atoms with Crippen molar-refractivity contribution < 1.29 is 22.7 Å². The minimum Gasteiger partial charge on any atom is -0.406 e. The molecule has 0 aliphatic carbocycles. The van der Waals surface area contributed by atoms with Gasteiger partial charge in [-0.2, -0.15) is 0 Å². The quantitative estimate of drug-likeness (QED) is 0.522. The van der Waals surface area contributed by atoms with Crippen LogP contribution in [0.2, 0.25) is 0 Å². The Hall–Kier alpha value is -2.50. The van der Waals surface area contributed by atoms with Crippen LogP contribution in [-0.2, 0) is 11.3 Å². The molecule has 154 valence electrons. The van der Waals surface area contributed by atoms with E-state index in [-0.39, 0.29) is 18.5 Å². The molecule has 0 bridgehead atoms. The molecule has 0 radical (unpaired) electrons. The normalized spacial score (nSPS) is 11.8. The van der Waals surface area contributed by atoms with Gasteiger partial charge in [-0.1, -0.05) is 12.1 Å². The van der Waals surface area contributed by atoms with Gasteiger partial charge in [-0.25, -0.2) is 0 Å². The maximum atomic E-state index is 13.0. The lowest BCUT2D eigenvalue weighted by Gasteiger charge is -2.16. The molecular formula is C19H17F3IN3O3. The van der Waals surface area contributed by atoms with E-state index in [1.54, 1.807) is 42.8 Å². The first-order valence-electron chi connectivity index (χ1n) is 8.60. The van der Waals surface area contributed by atoms with Crippen LogP contribution in [0.5, 0.6) is 5.75 Å². The molecule has 1 aromatic carbocycles. The zero-order valence-corrected chi connectivity index (χ0v) is 17.6. The Bertz CT molecular complexity index is 1120. The first kappa shape index (κ1) is 21.2. The van der Waals surface area contributed by atoms with Crippen molar-refractivity contribution in [2.45, 2.75) is 32.8 Å². The predicted molar refractivity (Wildman–Crippen MR) is 110 cm³/mol. The van der Waals surface area contributed by atoms with E-state index < -0.39 is 17.7 Å². The zero-order chi connectivity index (χ0) is 21.3. The number of nitrogens with zero attached hydrogens (tertiary/aromatic N) is 2. The Kier molecular flexibility index (Phi) is 5.92. The second-order valence-electron chi connectivity index (χ2n) is 6.65. The van der Waals surface area contributed by atoms with Crippen LogP contribution < -0.4 is 15.6 Å². The van der Waals surface area contributed by atoms with Crippen LogP contribution in [-0.4, -0.2) is 27.3 Å². The highest BCUT2D eigenvalue weighted by atomic mass is 127. The first-order chi connectivity index (χ1) is 13.5. The summed E-state index contributed by atoms with van der Waals surface area (Å²) in [5, 5.41) is 2.71. The van der Waals surface area contributed by atoms with Crippen LogP contribution >= 0.6 is 22.6 Å². The molecule has 0 fully saturated rings. The van der Waals surface area contributed by atoms with Gasteiger partial charge in [-0.3, -0.25) is 14.2 Å². The average molecular weight is 519 g/mol. The van der Waals surface area contributed by atoms with E-state index in [1.165, 1.54) is 22.8 Å². The molecule has 1 N–H and O–H groups in total. The maximum absolute atomic E-state index is 13.0. The van der Waals surface area contributed by atoms with Gasteiger partial charge in [0.2, 0.25) is 5.91 Å². The summed E-state index contributed by atoms with van der Waals surface area (Å²) < 4.78 is 45.4. The summed E-state index contributed by atoms with van der Waals surface area (Å²) in [5.41, 5.74) is 0.539. The number of halogens is 4. The minimum atomic E-state index is -4.84. The fraction of sp³-hybridized carbons (Fsp3) is 0.263. The van der Waals surface area contributed by atoms with Crippen molar-refractivity contribution in [2.24, 2.45) is 0 Å². The molecule has 0 saturated heterocycles. The van der Waals surface area contributed by atoms with E-state index in [2.05, 4.69) is 32.6 Å². The lowest BCUT2D eigenvalue weighted by atomic mass is 10.1. The van der Waals surface area contributed by atoms with Gasteiger partial charge in [0.15, 0.2) is 0 Å². The van der Waals surface area contributed by atoms with E-state index in [0.717, 1.165) is 3.57 Å². The van der Waals surface area contributed by atoms with Gasteiger partial charge < -0.3 is 14.5 Å². The standard InChI is InChI=1S/C19H17F3IN3O3/c1-11(2)24-17(27)10-26-16(9-25-8-13(23)7-15(25)18(26)28)12-4-3-5-14(6-12)29-19(20,21)22/h3-9,11H,10H2,1-2H3,(H,24,27). The van der Waals surface area contributed by atoms with Gasteiger partial charge in [-0.05, 0) is 54.6 Å². The lowest BCUT2D eigenvalue weighted by Crippen LogP contribution is -2.36. The molecule has 10 heteroatoms. The SMILES string of the molecule is CC(C)NC(=O)Cn1c(-c2cccc(OC(F)(F)F)c2)cn2cc(I)cc2c1=O. The van der Waals surface area contributed by atoms with Gasteiger partial charge in [0.05, 0.1) is 5.69 Å². The highest BCUT2D eigenvalue weighted by molar-refractivity contribution is 14.1. The Morgan fingerprint density at radius 1 is 1.24 bits per heavy atom. The fourth-order valence-corrected chi connectivity index (χ4v) is 3.52. The van der Waals surface area contributed by atoms with Crippen LogP contribution in [0.1, 0.15) is 13.8 Å². The second kappa shape index (κ2) is 8.09. The molecule has 2 aromatic heterocycles. The molecule has 1 amide bonds. The van der Waals surface area contributed by atoms with Crippen molar-refractivity contribution in [3.05, 3.63) is 56.6 Å². The van der Waals surface area contributed by atoms with Crippen LogP contribution in [0.4, 0.5) is 13.2 Å². The third-order valence-electron chi connectivity index (χ3n) is 3.95. The molecule has 29 heavy (non-hydrogen) atoms. The summed E-state index contributed by atoms with van der Waals surface area (Å²) in [7, 11) is 0. The van der Waals surface area contributed by atoms with Crippen LogP contribution in [0.15, 0.2) is 47.5 Å². The van der Waals surface area contributed by atoms with Gasteiger partial charge >= 0.3 is 6.36 Å². The molecule has 3 aromatic rings. The topological polar surface area (TPSA) is 64.7 Å². The van der Waals surface area contributed by atoms with Crippen molar-refractivity contribution in [1.82, 2.24) is 14.3 Å². The zero-order valence-electron chi connectivity index (χ0n) is 15.5. The second-order valence-corrected chi connectivity index (χ2v) is 7.90. The summed E-state index contributed by atoms with van der Waals surface area (Å²) in [6, 6.07) is 6.84. The van der Waals surface area contributed by atoms with Crippen molar-refractivity contribution in [3.8, 4) is 17.0 Å². The van der Waals surface area contributed by atoms with Gasteiger partial charge in [0, 0.05) is 27.6 Å². The first-order valence-corrected chi connectivity index (χ1v) is 9.68. The number of nitrogens with one attached hydrogen (secondary N) is 1. The van der Waals surface area contributed by atoms with E-state index in [4.69, 9.17) is 0 Å². The number of benzene rings is 1. The van der Waals surface area contributed by atoms with Crippen molar-refractivity contribution in [3.63, 3.8) is 0 Å². The number of carbonyl (C=O) groups excluding carboxylic acids is 1. The van der Waals surface area contributed by atoms with Gasteiger partial charge in [0.1, 0.15) is 17.8 Å². The van der Waals surface area contributed by atoms with E-state index >= 15 is 0 Å². The third-order valence-corrected chi connectivity index (χ3v) is 4.54. The number of aromatic nitrogens is 2. The molecule has 6 nitrogen and oxygen atoms in total. The molecule has 3 rings (SSSR count). The fourth-order valence-electron chi connectivity index (χ4n) is 2.92. The molecule has 0 saturated carbocycles. The Morgan fingerprint density at radius 3 is 2.62 bits per heavy atom. The van der Waals surface area contributed by atoms with Crippen LogP contribution in [0.3, 0.4) is 0 Å². The number of carbonyl (C=O) groups is 1. The van der Waals surface area contributed by atoms with Crippen molar-refractivity contribution in [2.75, 3.05) is 0 Å². The highest BCUT2D eigenvalue weighted by Gasteiger charge is 2.31. The number of rotatable bonds is 5. The number of fused-ring (bicyclic) bond motifs is 1. The van der Waals surface area contributed by atoms with Crippen molar-refractivity contribution in [1.29, 1.82) is 0 Å². The average Bonchev–Trinajstić information content (AvgIpc) is 2.96. The summed E-state index contributed by atoms with van der Waals surface area (Å²) in [4.78, 5) is 25.3. The highest BCUT2D eigenvalue weighted by Crippen LogP contribution is 2.28. The molecule has 0 atom stereocenters. The molecule has 0 aliphatic heterocycles. The lowest BCUT2D eigenvalue weighted by molar-refractivity contribution is -0.274. The number of hydrogen-bond acceptors (Lipinski definition) is 3. The summed E-state index contributed by atoms with van der Waals surface area (Å²) in [5.74, 6) is -0.792. The van der Waals surface area contributed by atoms with Crippen LogP contribution in [0, 0.1) is 3.57 Å². The monoisotopic (exact) mass is 519 g/mol. The van der Waals surface area contributed by atoms with E-state index in [0.29, 0.717) is 16.8 Å². The summed E-state index contributed by atoms with van der Waals surface area (Å²) in [6.45, 7) is 3.31. The summed E-state index contributed by atoms with van der Waals surface area (Å²) >= 11 is 2.06. The van der Waals surface area contributed by atoms with Gasteiger partial charge in [0.25, 0.3) is 5.56 Å². The Balaban J connectivity index is 2.15. The molecule has 0 spiro atoms. The number of alkyl halides is 3. The Labute approximate surface area is 177 Å². The van der Waals surface area contributed by atoms with E-state index in [9.17, 15) is 22.8 Å².